The molecule has 10 rings (SSSR count). The van der Waals surface area contributed by atoms with E-state index >= 15 is 0 Å². The molecule has 10 heteroatoms. The molecule has 0 saturated heterocycles. The number of carbonyl (C=O) groups is 2. The van der Waals surface area contributed by atoms with Crippen LogP contribution < -0.4 is 18.8 Å². The third-order valence-electron chi connectivity index (χ3n) is 10.8. The van der Waals surface area contributed by atoms with Gasteiger partial charge in [0.2, 0.25) is 11.4 Å². The molecule has 1 N–H and O–H groups in total. The molecule has 312 valence electrons. The second-order valence-electron chi connectivity index (χ2n) is 14.5. The van der Waals surface area contributed by atoms with Gasteiger partial charge in [-0.3, -0.25) is 9.59 Å². The second kappa shape index (κ2) is 18.7. The van der Waals surface area contributed by atoms with Gasteiger partial charge in [0, 0.05) is 74.8 Å². The Balaban J connectivity index is 0.000000164. The number of aromatic amines is 1. The van der Waals surface area contributed by atoms with Crippen molar-refractivity contribution in [2.24, 2.45) is 0 Å². The Morgan fingerprint density at radius 1 is 0.556 bits per heavy atom. The van der Waals surface area contributed by atoms with Crippen LogP contribution in [0.3, 0.4) is 0 Å². The van der Waals surface area contributed by atoms with Gasteiger partial charge in [0.15, 0.2) is 17.8 Å². The number of ketones is 2. The van der Waals surface area contributed by atoms with Gasteiger partial charge >= 0.3 is 0 Å². The van der Waals surface area contributed by atoms with Gasteiger partial charge < -0.3 is 23.8 Å². The van der Waals surface area contributed by atoms with E-state index in [0.29, 0.717) is 22.3 Å². The highest BCUT2D eigenvalue weighted by atomic mass is 19.1. The predicted octanol–water partition coefficient (Wildman–Crippen LogP) is 11.7. The van der Waals surface area contributed by atoms with E-state index in [1.807, 2.05) is 116 Å². The zero-order chi connectivity index (χ0) is 43.9. The van der Waals surface area contributed by atoms with Crippen molar-refractivity contribution in [1.82, 2.24) is 14.1 Å². The van der Waals surface area contributed by atoms with Crippen LogP contribution in [0.15, 0.2) is 176 Å². The van der Waals surface area contributed by atoms with Gasteiger partial charge in [-0.25, -0.2) is 8.78 Å². The molecule has 0 saturated carbocycles. The van der Waals surface area contributed by atoms with Crippen molar-refractivity contribution in [3.05, 3.63) is 216 Å². The molecule has 0 unspecified atom stereocenters. The van der Waals surface area contributed by atoms with E-state index < -0.39 is 11.6 Å². The van der Waals surface area contributed by atoms with Crippen LogP contribution >= 0.6 is 0 Å². The van der Waals surface area contributed by atoms with E-state index in [9.17, 15) is 18.4 Å². The normalized spacial score (nSPS) is 11.4. The molecule has 2 aromatic heterocycles. The number of fused-ring (bicyclic) bond motifs is 3. The van der Waals surface area contributed by atoms with Crippen LogP contribution in [0.25, 0.3) is 27.5 Å². The number of rotatable bonds is 9. The highest BCUT2D eigenvalue weighted by Gasteiger charge is 2.27. The maximum absolute atomic E-state index is 13.2. The van der Waals surface area contributed by atoms with E-state index in [1.165, 1.54) is 54.1 Å². The quantitative estimate of drug-likeness (QED) is 0.116. The number of hydrogen-bond donors (Lipinski definition) is 1. The zero-order valence-corrected chi connectivity index (χ0v) is 34.7. The van der Waals surface area contributed by atoms with Crippen LogP contribution in [0.4, 0.5) is 20.2 Å². The molecule has 0 atom stereocenters. The Kier molecular flexibility index (Phi) is 12.3. The van der Waals surface area contributed by atoms with Gasteiger partial charge in [-0.2, -0.15) is 4.58 Å². The van der Waals surface area contributed by atoms with Gasteiger partial charge in [0.05, 0.1) is 38.8 Å². The molecule has 0 bridgehead atoms. The molecule has 9 aromatic rings. The standard InChI is InChI=1S/C31H25N2O3.C13H8F2O.C9H9NO/c1-35-29-7-3-5-27-25(29)17-19-32(27)23-13-9-21(10-14-23)31(34)22-11-15-24(16-12-22)33-20-18-26-28(33)6-4-8-30(26)36-2;14-11-5-1-9(2-6-11)13(16)10-3-7-12(15)8-4-10;1-11-9-4-2-3-8-7(9)5-6-10-8/h3-17,19-20H,18H2,1-2H3;1-8H;2-6,10H,1H3/q+1;;. The number of hydrogen-bond acceptors (Lipinski definition) is 5. The zero-order valence-electron chi connectivity index (χ0n) is 34.7. The van der Waals surface area contributed by atoms with Crippen molar-refractivity contribution < 1.29 is 32.6 Å². The van der Waals surface area contributed by atoms with E-state index in [2.05, 4.69) is 32.5 Å². The van der Waals surface area contributed by atoms with Crippen LogP contribution in [-0.4, -0.2) is 48.7 Å². The minimum absolute atomic E-state index is 0.000366. The van der Waals surface area contributed by atoms with Gasteiger partial charge in [-0.05, 0) is 127 Å². The topological polar surface area (TPSA) is 85.6 Å². The first-order valence-electron chi connectivity index (χ1n) is 20.1. The molecule has 0 aliphatic carbocycles. The number of nitrogens with one attached hydrogen (secondary N) is 1. The Labute approximate surface area is 362 Å². The number of halogens is 2. The van der Waals surface area contributed by atoms with Crippen LogP contribution in [0.5, 0.6) is 17.2 Å². The lowest BCUT2D eigenvalue weighted by molar-refractivity contribution is 0.103. The van der Waals surface area contributed by atoms with Crippen molar-refractivity contribution in [2.75, 3.05) is 21.3 Å². The smallest absolute Gasteiger partial charge is 0.218 e. The average molecular weight is 839 g/mol. The van der Waals surface area contributed by atoms with Crippen molar-refractivity contribution in [1.29, 1.82) is 0 Å². The van der Waals surface area contributed by atoms with Crippen LogP contribution in [0, 0.1) is 11.6 Å². The van der Waals surface area contributed by atoms with Gasteiger partial charge in [0.25, 0.3) is 0 Å². The summed E-state index contributed by atoms with van der Waals surface area (Å²) in [6.45, 7) is 0. The minimum atomic E-state index is -0.393. The van der Waals surface area contributed by atoms with Gasteiger partial charge in [-0.1, -0.05) is 18.2 Å². The lowest BCUT2D eigenvalue weighted by Crippen LogP contribution is -2.04. The Morgan fingerprint density at radius 2 is 1.06 bits per heavy atom. The Bertz CT molecular complexity index is 3030. The third kappa shape index (κ3) is 8.87. The number of aromatic nitrogens is 2. The fourth-order valence-electron chi connectivity index (χ4n) is 7.56. The van der Waals surface area contributed by atoms with Crippen LogP contribution in [0.2, 0.25) is 0 Å². The summed E-state index contributed by atoms with van der Waals surface area (Å²) in [7, 11) is 5.06. The van der Waals surface area contributed by atoms with Crippen molar-refractivity contribution in [2.45, 2.75) is 6.42 Å². The largest absolute Gasteiger partial charge is 0.496 e. The monoisotopic (exact) mass is 838 g/mol. The van der Waals surface area contributed by atoms with E-state index in [1.54, 1.807) is 21.3 Å². The van der Waals surface area contributed by atoms with Gasteiger partial charge in [0.1, 0.15) is 28.9 Å². The summed E-state index contributed by atoms with van der Waals surface area (Å²) in [6, 6.07) is 48.0. The predicted molar refractivity (Wildman–Crippen MR) is 245 cm³/mol. The summed E-state index contributed by atoms with van der Waals surface area (Å²) in [5.74, 6) is 1.62. The molecule has 63 heavy (non-hydrogen) atoms. The average Bonchev–Trinajstić information content (AvgIpc) is 4.11. The maximum atomic E-state index is 13.2. The first-order valence-corrected chi connectivity index (χ1v) is 20.1. The van der Waals surface area contributed by atoms with Crippen molar-refractivity contribution >= 4 is 51.0 Å². The molecule has 1 aliphatic heterocycles. The second-order valence-corrected chi connectivity index (χ2v) is 14.5. The summed E-state index contributed by atoms with van der Waals surface area (Å²) >= 11 is 0. The number of ether oxygens (including phenoxy) is 3. The number of H-pyrrole nitrogens is 1. The first kappa shape index (κ1) is 41.6. The number of methoxy groups -OCH3 is 3. The number of carbonyl (C=O) groups excluding carboxylic acids is 2. The summed E-state index contributed by atoms with van der Waals surface area (Å²) in [6.07, 6.45) is 6.89. The number of benzene rings is 7. The minimum Gasteiger partial charge on any atom is -0.496 e. The van der Waals surface area contributed by atoms with Crippen molar-refractivity contribution in [3.63, 3.8) is 0 Å². The maximum Gasteiger partial charge on any atom is 0.218 e. The van der Waals surface area contributed by atoms with Crippen molar-refractivity contribution in [3.8, 4) is 22.9 Å². The highest BCUT2D eigenvalue weighted by molar-refractivity contribution is 6.09. The third-order valence-corrected chi connectivity index (χ3v) is 10.8. The molecular weight excluding hydrogens is 797 g/mol. The molecule has 7 aromatic carbocycles. The Hall–Kier alpha value is -8.11. The summed E-state index contributed by atoms with van der Waals surface area (Å²) in [4.78, 5) is 28.1. The Morgan fingerprint density at radius 3 is 1.65 bits per heavy atom. The van der Waals surface area contributed by atoms with E-state index in [0.717, 1.165) is 62.5 Å². The SMILES string of the molecule is COc1cccc2[nH]ccc12.COc1cccc2c1CC=[N+]2c1ccc(C(=O)c2ccc(-n3ccc4c(OC)cccc43)cc2)cc1.O=C(c1ccc(F)cc1)c1ccc(F)cc1. The first-order chi connectivity index (χ1) is 30.8. The van der Waals surface area contributed by atoms with Crippen LogP contribution in [-0.2, 0) is 6.42 Å². The number of nitrogens with zero attached hydrogens (tertiary/aromatic N) is 2. The summed E-state index contributed by atoms with van der Waals surface area (Å²) in [5.41, 5.74) is 8.55. The molecule has 1 aliphatic rings. The molecule has 0 spiro atoms. The molecular formula is C53H42F2N3O5+. The van der Waals surface area contributed by atoms with E-state index in [4.69, 9.17) is 14.2 Å². The fourth-order valence-corrected chi connectivity index (χ4v) is 7.56. The highest BCUT2D eigenvalue weighted by Crippen LogP contribution is 2.35. The molecule has 0 amide bonds. The van der Waals surface area contributed by atoms with E-state index in [-0.39, 0.29) is 11.6 Å². The summed E-state index contributed by atoms with van der Waals surface area (Å²) in [5, 5.41) is 2.19. The fraction of sp³-hybridized carbons (Fsp3) is 0.0755. The summed E-state index contributed by atoms with van der Waals surface area (Å²) < 4.78 is 45.7. The molecule has 0 fully saturated rings. The van der Waals surface area contributed by atoms with Crippen LogP contribution in [0.1, 0.15) is 37.4 Å². The lowest BCUT2D eigenvalue weighted by atomic mass is 10.0. The van der Waals surface area contributed by atoms with Gasteiger partial charge in [-0.15, -0.1) is 0 Å². The lowest BCUT2D eigenvalue weighted by Gasteiger charge is -2.08. The molecule has 3 heterocycles. The molecule has 0 radical (unpaired) electrons. The molecule has 8 nitrogen and oxygen atoms in total.